The van der Waals surface area contributed by atoms with E-state index in [0.717, 1.165) is 12.1 Å². The third kappa shape index (κ3) is 5.88. The third-order valence-electron chi connectivity index (χ3n) is 4.76. The van der Waals surface area contributed by atoms with Gasteiger partial charge in [0, 0.05) is 17.0 Å². The Bertz CT molecular complexity index is 1160. The van der Waals surface area contributed by atoms with Crippen LogP contribution in [0.1, 0.15) is 36.5 Å². The SMILES string of the molecule is CC(CCC(NC(=O)c1ccccc1[N+](=O)[O-])C(=O)N1C(=O)CC(S(=O)(=O)O)C1=O)N=[N+]=[N-]. The van der Waals surface area contributed by atoms with Crippen molar-refractivity contribution < 1.29 is 37.1 Å². The Labute approximate surface area is 186 Å². The summed E-state index contributed by atoms with van der Waals surface area (Å²) in [5, 5.41) is 14.6. The molecule has 0 aliphatic carbocycles. The Kier molecular flexibility index (Phi) is 7.81. The number of carbonyl (C=O) groups excluding carboxylic acids is 4. The summed E-state index contributed by atoms with van der Waals surface area (Å²) >= 11 is 0. The van der Waals surface area contributed by atoms with Gasteiger partial charge in [0.15, 0.2) is 5.25 Å². The number of imide groups is 3. The lowest BCUT2D eigenvalue weighted by Crippen LogP contribution is -2.51. The molecule has 0 saturated carbocycles. The maximum absolute atomic E-state index is 13.0. The predicted molar refractivity (Wildman–Crippen MR) is 109 cm³/mol. The summed E-state index contributed by atoms with van der Waals surface area (Å²) in [4.78, 5) is 63.1. The molecule has 0 radical (unpaired) electrons. The summed E-state index contributed by atoms with van der Waals surface area (Å²) in [6, 6.07) is 2.56. The van der Waals surface area contributed by atoms with Crippen molar-refractivity contribution in [3.05, 3.63) is 50.4 Å². The van der Waals surface area contributed by atoms with Gasteiger partial charge >= 0.3 is 0 Å². The van der Waals surface area contributed by atoms with Crippen molar-refractivity contribution in [1.82, 2.24) is 10.2 Å². The van der Waals surface area contributed by atoms with Gasteiger partial charge in [-0.05, 0) is 24.4 Å². The van der Waals surface area contributed by atoms with Gasteiger partial charge < -0.3 is 5.32 Å². The number of rotatable bonds is 9. The molecule has 1 saturated heterocycles. The van der Waals surface area contributed by atoms with E-state index in [-0.39, 0.29) is 17.7 Å². The van der Waals surface area contributed by atoms with Crippen molar-refractivity contribution in [3.63, 3.8) is 0 Å². The first-order valence-corrected chi connectivity index (χ1v) is 10.8. The Balaban J connectivity index is 2.36. The minimum atomic E-state index is -4.97. The van der Waals surface area contributed by atoms with Gasteiger partial charge in [-0.25, -0.2) is 4.90 Å². The maximum atomic E-state index is 13.0. The fourth-order valence-electron chi connectivity index (χ4n) is 3.10. The topological polar surface area (TPSA) is 230 Å². The van der Waals surface area contributed by atoms with E-state index in [1.54, 1.807) is 0 Å². The molecule has 3 atom stereocenters. The van der Waals surface area contributed by atoms with Crippen molar-refractivity contribution >= 4 is 39.4 Å². The van der Waals surface area contributed by atoms with Crippen molar-refractivity contribution in [2.24, 2.45) is 5.11 Å². The molecule has 0 bridgehead atoms. The largest absolute Gasteiger partial charge is 0.340 e. The molecule has 1 aromatic rings. The van der Waals surface area contributed by atoms with Crippen LogP contribution in [0.2, 0.25) is 0 Å². The molecule has 0 spiro atoms. The number of carbonyl (C=O) groups is 4. The van der Waals surface area contributed by atoms with Crippen molar-refractivity contribution in [3.8, 4) is 0 Å². The van der Waals surface area contributed by atoms with Crippen LogP contribution in [0.3, 0.4) is 0 Å². The van der Waals surface area contributed by atoms with Crippen LogP contribution in [-0.2, 0) is 24.5 Å². The highest BCUT2D eigenvalue weighted by Crippen LogP contribution is 2.22. The number of nitro groups is 1. The Morgan fingerprint density at radius 3 is 2.55 bits per heavy atom. The van der Waals surface area contributed by atoms with Gasteiger partial charge in [-0.2, -0.15) is 8.42 Å². The van der Waals surface area contributed by atoms with Crippen LogP contribution in [0.4, 0.5) is 5.69 Å². The number of likely N-dealkylation sites (tertiary alicyclic amines) is 1. The first-order chi connectivity index (χ1) is 15.4. The molecule has 33 heavy (non-hydrogen) atoms. The van der Waals surface area contributed by atoms with Gasteiger partial charge in [0.05, 0.1) is 11.3 Å². The van der Waals surface area contributed by atoms with Gasteiger partial charge in [-0.1, -0.05) is 24.2 Å². The summed E-state index contributed by atoms with van der Waals surface area (Å²) in [6.45, 7) is 1.49. The molecule has 1 fully saturated rings. The van der Waals surface area contributed by atoms with E-state index in [2.05, 4.69) is 15.3 Å². The summed E-state index contributed by atoms with van der Waals surface area (Å²) in [7, 11) is -4.97. The molecule has 3 unspecified atom stereocenters. The molecule has 2 rings (SSSR count). The molecule has 176 valence electrons. The van der Waals surface area contributed by atoms with Gasteiger partial charge in [-0.3, -0.25) is 33.8 Å². The number of nitro benzene ring substituents is 1. The number of amides is 4. The maximum Gasteiger partial charge on any atom is 0.282 e. The molecule has 0 aromatic heterocycles. The number of nitrogens with one attached hydrogen (secondary N) is 1. The number of benzene rings is 1. The minimum absolute atomic E-state index is 0.00439. The number of hydrogen-bond acceptors (Lipinski definition) is 9. The van der Waals surface area contributed by atoms with Crippen LogP contribution in [0.5, 0.6) is 0 Å². The van der Waals surface area contributed by atoms with Crippen molar-refractivity contribution in [2.75, 3.05) is 0 Å². The number of nitrogens with zero attached hydrogens (tertiary/aromatic N) is 5. The van der Waals surface area contributed by atoms with Gasteiger partial charge in [0.25, 0.3) is 33.5 Å². The van der Waals surface area contributed by atoms with E-state index in [1.807, 2.05) is 0 Å². The molecule has 1 aromatic carbocycles. The second kappa shape index (κ2) is 10.2. The number of hydrogen-bond donors (Lipinski definition) is 2. The van der Waals surface area contributed by atoms with Crippen LogP contribution in [0.25, 0.3) is 10.4 Å². The monoisotopic (exact) mass is 482 g/mol. The van der Waals surface area contributed by atoms with E-state index in [1.165, 1.54) is 19.1 Å². The van der Waals surface area contributed by atoms with Crippen LogP contribution in [0, 0.1) is 10.1 Å². The van der Waals surface area contributed by atoms with E-state index < -0.39 is 73.7 Å². The lowest BCUT2D eigenvalue weighted by molar-refractivity contribution is -0.385. The van der Waals surface area contributed by atoms with Crippen LogP contribution in [-0.4, -0.2) is 63.8 Å². The highest BCUT2D eigenvalue weighted by atomic mass is 32.2. The predicted octanol–water partition coefficient (Wildman–Crippen LogP) is 0.714. The smallest absolute Gasteiger partial charge is 0.282 e. The summed E-state index contributed by atoms with van der Waals surface area (Å²) < 4.78 is 31.8. The quantitative estimate of drug-likeness (QED) is 0.0958. The minimum Gasteiger partial charge on any atom is -0.340 e. The Hall–Kier alpha value is -3.88. The standard InChI is InChI=1S/C17H18N6O9S/c1-9(20-21-18)6-7-11(19-15(25)10-4-2-3-5-12(10)23(28)29)16(26)22-14(24)8-13(17(22)27)33(30,31)32/h2-5,9,11,13H,6-8H2,1H3,(H,19,25)(H,30,31,32). The zero-order chi connectivity index (χ0) is 24.9. The third-order valence-corrected chi connectivity index (χ3v) is 5.84. The lowest BCUT2D eigenvalue weighted by Gasteiger charge is -2.22. The second-order valence-electron chi connectivity index (χ2n) is 7.04. The second-order valence-corrected chi connectivity index (χ2v) is 8.64. The van der Waals surface area contributed by atoms with Gasteiger partial charge in [0.2, 0.25) is 5.91 Å². The molecule has 2 N–H and O–H groups in total. The number of para-hydroxylation sites is 1. The molecular weight excluding hydrogens is 464 g/mol. The highest BCUT2D eigenvalue weighted by Gasteiger charge is 2.50. The summed E-state index contributed by atoms with van der Waals surface area (Å²) in [6.07, 6.45) is -1.24. The van der Waals surface area contributed by atoms with E-state index in [4.69, 9.17) is 10.1 Å². The van der Waals surface area contributed by atoms with Crippen LogP contribution >= 0.6 is 0 Å². The van der Waals surface area contributed by atoms with E-state index in [0.29, 0.717) is 0 Å². The lowest BCUT2D eigenvalue weighted by atomic mass is 10.0. The van der Waals surface area contributed by atoms with Crippen LogP contribution < -0.4 is 5.32 Å². The summed E-state index contributed by atoms with van der Waals surface area (Å²) in [5.74, 6) is -5.06. The first kappa shape index (κ1) is 25.4. The molecule has 1 heterocycles. The summed E-state index contributed by atoms with van der Waals surface area (Å²) in [5.41, 5.74) is 7.54. The van der Waals surface area contributed by atoms with Crippen molar-refractivity contribution in [2.45, 2.75) is 43.5 Å². The van der Waals surface area contributed by atoms with Crippen LogP contribution in [0.15, 0.2) is 29.4 Å². The van der Waals surface area contributed by atoms with E-state index >= 15 is 0 Å². The molecule has 4 amide bonds. The fourth-order valence-corrected chi connectivity index (χ4v) is 3.81. The fraction of sp³-hybridized carbons (Fsp3) is 0.412. The average Bonchev–Trinajstić information content (AvgIpc) is 3.04. The molecular formula is C17H18N6O9S. The zero-order valence-electron chi connectivity index (χ0n) is 17.0. The molecule has 1 aliphatic rings. The molecule has 1 aliphatic heterocycles. The molecule has 15 nitrogen and oxygen atoms in total. The van der Waals surface area contributed by atoms with Gasteiger partial charge in [-0.15, -0.1) is 0 Å². The average molecular weight is 482 g/mol. The van der Waals surface area contributed by atoms with Crippen molar-refractivity contribution in [1.29, 1.82) is 0 Å². The number of azide groups is 1. The Morgan fingerprint density at radius 1 is 1.36 bits per heavy atom. The highest BCUT2D eigenvalue weighted by molar-refractivity contribution is 7.87. The Morgan fingerprint density at radius 2 is 2.00 bits per heavy atom. The zero-order valence-corrected chi connectivity index (χ0v) is 17.8. The molecule has 16 heteroatoms. The van der Waals surface area contributed by atoms with E-state index in [9.17, 15) is 37.7 Å². The normalized spacial score (nSPS) is 17.8. The first-order valence-electron chi connectivity index (χ1n) is 9.33. The van der Waals surface area contributed by atoms with Gasteiger partial charge in [0.1, 0.15) is 11.6 Å².